The van der Waals surface area contributed by atoms with Crippen LogP contribution in [0.5, 0.6) is 0 Å². The number of amides is 1. The first-order valence-electron chi connectivity index (χ1n) is 11.0. The topological polar surface area (TPSA) is 61.6 Å². The van der Waals surface area contributed by atoms with Gasteiger partial charge in [-0.05, 0) is 36.9 Å². The fourth-order valence-corrected chi connectivity index (χ4v) is 3.99. The monoisotopic (exact) mass is 452 g/mol. The van der Waals surface area contributed by atoms with Gasteiger partial charge < -0.3 is 14.6 Å². The average molecular weight is 453 g/mol. The lowest BCUT2D eigenvalue weighted by Crippen LogP contribution is -2.47. The molecule has 168 valence electrons. The van der Waals surface area contributed by atoms with Crippen LogP contribution >= 0.6 is 11.6 Å². The molecular weight excluding hydrogens is 424 g/mol. The van der Waals surface area contributed by atoms with Gasteiger partial charge in [0.05, 0.1) is 12.2 Å². The van der Waals surface area contributed by atoms with Crippen molar-refractivity contribution < 1.29 is 9.21 Å². The Labute approximate surface area is 194 Å². The van der Waals surface area contributed by atoms with Crippen molar-refractivity contribution in [1.29, 1.82) is 0 Å². The zero-order valence-electron chi connectivity index (χ0n) is 18.3. The van der Waals surface area contributed by atoms with Crippen LogP contribution in [0, 0.1) is 0 Å². The van der Waals surface area contributed by atoms with Gasteiger partial charge in [0.2, 0.25) is 5.91 Å². The van der Waals surface area contributed by atoms with Crippen molar-refractivity contribution in [1.82, 2.24) is 20.1 Å². The zero-order valence-corrected chi connectivity index (χ0v) is 19.1. The quantitative estimate of drug-likeness (QED) is 0.559. The number of rotatable bonds is 8. The minimum atomic E-state index is -0.0405. The molecule has 2 heterocycles. The number of hydrogen-bond acceptors (Lipinski definition) is 5. The molecule has 1 aliphatic heterocycles. The van der Waals surface area contributed by atoms with Crippen molar-refractivity contribution in [2.45, 2.75) is 18.9 Å². The number of carbonyl (C=O) groups excluding carboxylic acids is 1. The maximum atomic E-state index is 12.8. The number of piperazine rings is 1. The van der Waals surface area contributed by atoms with E-state index in [4.69, 9.17) is 16.0 Å². The Balaban J connectivity index is 1.34. The second kappa shape index (κ2) is 10.8. The van der Waals surface area contributed by atoms with Gasteiger partial charge in [0, 0.05) is 56.2 Å². The minimum Gasteiger partial charge on any atom is -0.441 e. The van der Waals surface area contributed by atoms with Crippen LogP contribution in [0.15, 0.2) is 65.2 Å². The van der Waals surface area contributed by atoms with Gasteiger partial charge in [-0.25, -0.2) is 4.98 Å². The number of carbonyl (C=O) groups is 1. The Morgan fingerprint density at radius 1 is 1.09 bits per heavy atom. The summed E-state index contributed by atoms with van der Waals surface area (Å²) in [5, 5.41) is 3.90. The average Bonchev–Trinajstić information content (AvgIpc) is 3.29. The van der Waals surface area contributed by atoms with E-state index in [2.05, 4.69) is 39.3 Å². The number of nitrogens with zero attached hydrogens (tertiary/aromatic N) is 3. The molecule has 0 spiro atoms. The van der Waals surface area contributed by atoms with Gasteiger partial charge in [0.15, 0.2) is 11.7 Å². The molecule has 1 unspecified atom stereocenters. The van der Waals surface area contributed by atoms with E-state index in [0.29, 0.717) is 29.5 Å². The molecule has 1 atom stereocenters. The molecule has 0 bridgehead atoms. The SMILES string of the molecule is CN1CCN(CC(NC(=O)CCc2ncc(-c3ccc(Cl)cc3)o2)c2ccccc2)CC1. The molecule has 0 saturated carbocycles. The molecule has 0 aliphatic carbocycles. The fraction of sp³-hybridized carbons (Fsp3) is 0.360. The lowest BCUT2D eigenvalue weighted by atomic mass is 10.1. The highest BCUT2D eigenvalue weighted by Gasteiger charge is 2.21. The Morgan fingerprint density at radius 2 is 1.81 bits per heavy atom. The Bertz CT molecular complexity index is 998. The van der Waals surface area contributed by atoms with Gasteiger partial charge in [0.1, 0.15) is 0 Å². The van der Waals surface area contributed by atoms with Gasteiger partial charge in [-0.2, -0.15) is 0 Å². The van der Waals surface area contributed by atoms with Crippen molar-refractivity contribution in [3.8, 4) is 11.3 Å². The maximum absolute atomic E-state index is 12.8. The number of nitrogens with one attached hydrogen (secondary N) is 1. The third-order valence-electron chi connectivity index (χ3n) is 5.82. The van der Waals surface area contributed by atoms with Crippen molar-refractivity contribution in [2.24, 2.45) is 0 Å². The predicted octanol–water partition coefficient (Wildman–Crippen LogP) is 4.03. The van der Waals surface area contributed by atoms with E-state index < -0.39 is 0 Å². The number of hydrogen-bond donors (Lipinski definition) is 1. The van der Waals surface area contributed by atoms with Gasteiger partial charge in [-0.15, -0.1) is 0 Å². The van der Waals surface area contributed by atoms with Crippen molar-refractivity contribution in [3.05, 3.63) is 77.3 Å². The van der Waals surface area contributed by atoms with E-state index in [1.807, 2.05) is 42.5 Å². The van der Waals surface area contributed by atoms with E-state index in [9.17, 15) is 4.79 Å². The number of oxazole rings is 1. The second-order valence-corrected chi connectivity index (χ2v) is 8.70. The van der Waals surface area contributed by atoms with Gasteiger partial charge >= 0.3 is 0 Å². The summed E-state index contributed by atoms with van der Waals surface area (Å²) in [7, 11) is 2.15. The smallest absolute Gasteiger partial charge is 0.221 e. The van der Waals surface area contributed by atoms with Gasteiger partial charge in [-0.1, -0.05) is 41.9 Å². The van der Waals surface area contributed by atoms with Crippen molar-refractivity contribution in [2.75, 3.05) is 39.8 Å². The molecule has 32 heavy (non-hydrogen) atoms. The van der Waals surface area contributed by atoms with Crippen molar-refractivity contribution >= 4 is 17.5 Å². The van der Waals surface area contributed by atoms with Gasteiger partial charge in [-0.3, -0.25) is 9.69 Å². The summed E-state index contributed by atoms with van der Waals surface area (Å²) < 4.78 is 5.83. The largest absolute Gasteiger partial charge is 0.441 e. The third-order valence-corrected chi connectivity index (χ3v) is 6.07. The zero-order chi connectivity index (χ0) is 22.3. The van der Waals surface area contributed by atoms with E-state index in [-0.39, 0.29) is 11.9 Å². The standard InChI is InChI=1S/C25H29ClN4O2/c1-29-13-15-30(16-14-29)18-22(19-5-3-2-4-6-19)28-24(31)11-12-25-27-17-23(32-25)20-7-9-21(26)10-8-20/h2-10,17,22H,11-16,18H2,1H3,(H,28,31). The molecule has 1 aliphatic rings. The van der Waals surface area contributed by atoms with Crippen LogP contribution in [0.4, 0.5) is 0 Å². The summed E-state index contributed by atoms with van der Waals surface area (Å²) in [6, 6.07) is 17.6. The number of likely N-dealkylation sites (N-methyl/N-ethyl adjacent to an activating group) is 1. The van der Waals surface area contributed by atoms with E-state index >= 15 is 0 Å². The van der Waals surface area contributed by atoms with Crippen LogP contribution in [-0.2, 0) is 11.2 Å². The van der Waals surface area contributed by atoms with Crippen LogP contribution in [0.1, 0.15) is 23.9 Å². The second-order valence-electron chi connectivity index (χ2n) is 8.26. The highest BCUT2D eigenvalue weighted by Crippen LogP contribution is 2.23. The minimum absolute atomic E-state index is 0.000719. The Kier molecular flexibility index (Phi) is 7.58. The first-order chi connectivity index (χ1) is 15.6. The summed E-state index contributed by atoms with van der Waals surface area (Å²) in [6.07, 6.45) is 2.47. The number of halogens is 1. The molecule has 1 saturated heterocycles. The third kappa shape index (κ3) is 6.19. The molecule has 1 aromatic heterocycles. The maximum Gasteiger partial charge on any atom is 0.221 e. The number of aryl methyl sites for hydroxylation is 1. The lowest BCUT2D eigenvalue weighted by Gasteiger charge is -2.35. The number of aromatic nitrogens is 1. The highest BCUT2D eigenvalue weighted by molar-refractivity contribution is 6.30. The molecule has 2 aromatic carbocycles. The summed E-state index contributed by atoms with van der Waals surface area (Å²) in [5.41, 5.74) is 2.04. The molecule has 0 radical (unpaired) electrons. The van der Waals surface area contributed by atoms with E-state index in [1.165, 1.54) is 0 Å². The molecule has 1 N–H and O–H groups in total. The summed E-state index contributed by atoms with van der Waals surface area (Å²) in [5.74, 6) is 1.23. The molecule has 4 rings (SSSR count). The van der Waals surface area contributed by atoms with Crippen LogP contribution in [0.2, 0.25) is 5.02 Å². The molecule has 6 nitrogen and oxygen atoms in total. The van der Waals surface area contributed by atoms with Crippen molar-refractivity contribution in [3.63, 3.8) is 0 Å². The Hall–Kier alpha value is -2.67. The van der Waals surface area contributed by atoms with Gasteiger partial charge in [0.25, 0.3) is 0 Å². The normalized spacial score (nSPS) is 16.1. The lowest BCUT2D eigenvalue weighted by molar-refractivity contribution is -0.122. The van der Waals surface area contributed by atoms with E-state index in [1.54, 1.807) is 6.20 Å². The first-order valence-corrected chi connectivity index (χ1v) is 11.4. The number of benzene rings is 2. The highest BCUT2D eigenvalue weighted by atomic mass is 35.5. The van der Waals surface area contributed by atoms with Crippen LogP contribution in [0.25, 0.3) is 11.3 Å². The molecule has 1 fully saturated rings. The van der Waals surface area contributed by atoms with Crippen LogP contribution in [0.3, 0.4) is 0 Å². The summed E-state index contributed by atoms with van der Waals surface area (Å²) in [6.45, 7) is 4.94. The van der Waals surface area contributed by atoms with Crippen LogP contribution in [-0.4, -0.2) is 60.5 Å². The summed E-state index contributed by atoms with van der Waals surface area (Å²) in [4.78, 5) is 21.9. The van der Waals surface area contributed by atoms with E-state index in [0.717, 1.165) is 43.9 Å². The predicted molar refractivity (Wildman–Crippen MR) is 127 cm³/mol. The Morgan fingerprint density at radius 3 is 2.53 bits per heavy atom. The first kappa shape index (κ1) is 22.5. The molecule has 7 heteroatoms. The van der Waals surface area contributed by atoms with Crippen LogP contribution < -0.4 is 5.32 Å². The molecule has 3 aromatic rings. The molecular formula is C25H29ClN4O2. The fourth-order valence-electron chi connectivity index (χ4n) is 3.87. The summed E-state index contributed by atoms with van der Waals surface area (Å²) >= 11 is 5.95. The molecule has 1 amide bonds.